The summed E-state index contributed by atoms with van der Waals surface area (Å²) in [6, 6.07) is 10.4. The molecule has 0 radical (unpaired) electrons. The van der Waals surface area contributed by atoms with E-state index in [1.165, 1.54) is 0 Å². The van der Waals surface area contributed by atoms with Gasteiger partial charge in [0, 0.05) is 36.9 Å². The molecule has 3 aliphatic rings. The van der Waals surface area contributed by atoms with Crippen LogP contribution in [0.25, 0.3) is 10.9 Å². The quantitative estimate of drug-likeness (QED) is 0.282. The van der Waals surface area contributed by atoms with Crippen LogP contribution in [0.3, 0.4) is 0 Å². The van der Waals surface area contributed by atoms with Crippen molar-refractivity contribution in [2.75, 3.05) is 26.9 Å². The third kappa shape index (κ3) is 4.95. The van der Waals surface area contributed by atoms with E-state index in [1.54, 1.807) is 13.3 Å². The van der Waals surface area contributed by atoms with Crippen molar-refractivity contribution in [3.8, 4) is 17.6 Å². The Morgan fingerprint density at radius 2 is 1.97 bits per heavy atom. The molecular formula is C30H39N4O4+. The summed E-state index contributed by atoms with van der Waals surface area (Å²) in [5.41, 5.74) is 2.62. The maximum Gasteiger partial charge on any atom is 0.320 e. The van der Waals surface area contributed by atoms with Crippen molar-refractivity contribution in [3.05, 3.63) is 60.4 Å². The van der Waals surface area contributed by atoms with Crippen molar-refractivity contribution < 1.29 is 23.8 Å². The number of hydrogen-bond donors (Lipinski definition) is 1. The van der Waals surface area contributed by atoms with Crippen molar-refractivity contribution in [1.29, 1.82) is 0 Å². The molecule has 38 heavy (non-hydrogen) atoms. The number of benzene rings is 1. The first-order valence-corrected chi connectivity index (χ1v) is 13.7. The van der Waals surface area contributed by atoms with Crippen LogP contribution in [0, 0.1) is 5.92 Å². The molecule has 2 bridgehead atoms. The highest BCUT2D eigenvalue weighted by molar-refractivity contribution is 5.83. The molecule has 3 aliphatic heterocycles. The summed E-state index contributed by atoms with van der Waals surface area (Å²) in [7, 11) is 1.66. The number of methoxy groups -OCH3 is 1. The number of hydrogen-bond acceptors (Lipinski definition) is 7. The standard InChI is InChI=1S/C30H39N4O4/c1-5-8-22-15-20-12-14-34(22,19-21-17-28(37-6-2)33-30(32-21)38-7-3)27(16-20)29(35)24-11-13-31-26-10-9-23(36-4)18-25(24)26/h5,9-11,13,17-18,20,22,27,29,35H,1,6-8,12,14-16,19H2,2-4H3/q+1/t20?,22?,27?,29-,34?/m1/s1. The number of aliphatic hydroxyl groups is 1. The van der Waals surface area contributed by atoms with Gasteiger partial charge in [0.1, 0.15) is 30.1 Å². The Morgan fingerprint density at radius 1 is 1.13 bits per heavy atom. The average molecular weight is 520 g/mol. The summed E-state index contributed by atoms with van der Waals surface area (Å²) < 4.78 is 17.7. The van der Waals surface area contributed by atoms with Gasteiger partial charge in [-0.2, -0.15) is 9.97 Å². The van der Waals surface area contributed by atoms with E-state index in [4.69, 9.17) is 19.2 Å². The van der Waals surface area contributed by atoms with Crippen LogP contribution in [0.2, 0.25) is 0 Å². The van der Waals surface area contributed by atoms with Gasteiger partial charge in [0.2, 0.25) is 5.88 Å². The number of pyridine rings is 1. The number of piperidine rings is 3. The first kappa shape index (κ1) is 26.4. The summed E-state index contributed by atoms with van der Waals surface area (Å²) in [6.45, 7) is 10.6. The fourth-order valence-electron chi connectivity index (χ4n) is 6.74. The molecule has 0 aliphatic carbocycles. The number of quaternary nitrogens is 1. The highest BCUT2D eigenvalue weighted by Gasteiger charge is 2.56. The van der Waals surface area contributed by atoms with Crippen LogP contribution in [0.15, 0.2) is 49.2 Å². The van der Waals surface area contributed by atoms with Crippen molar-refractivity contribution >= 4 is 10.9 Å². The van der Waals surface area contributed by atoms with E-state index >= 15 is 0 Å². The Bertz CT molecular complexity index is 1260. The van der Waals surface area contributed by atoms with E-state index < -0.39 is 6.10 Å². The highest BCUT2D eigenvalue weighted by Crippen LogP contribution is 2.49. The largest absolute Gasteiger partial charge is 0.497 e. The number of aliphatic hydroxyl groups excluding tert-OH is 1. The second-order valence-corrected chi connectivity index (χ2v) is 10.4. The van der Waals surface area contributed by atoms with Gasteiger partial charge < -0.3 is 23.8 Å². The van der Waals surface area contributed by atoms with Gasteiger partial charge in [-0.1, -0.05) is 6.08 Å². The Hall–Kier alpha value is -3.23. The van der Waals surface area contributed by atoms with Crippen LogP contribution in [0.1, 0.15) is 56.9 Å². The molecule has 5 atom stereocenters. The molecule has 3 aromatic rings. The topological polar surface area (TPSA) is 86.6 Å². The summed E-state index contributed by atoms with van der Waals surface area (Å²) in [4.78, 5) is 13.8. The Balaban J connectivity index is 1.58. The lowest BCUT2D eigenvalue weighted by Gasteiger charge is -2.60. The van der Waals surface area contributed by atoms with Crippen LogP contribution in [-0.2, 0) is 6.54 Å². The fourth-order valence-corrected chi connectivity index (χ4v) is 6.74. The first-order valence-electron chi connectivity index (χ1n) is 13.7. The second-order valence-electron chi connectivity index (χ2n) is 10.4. The SMILES string of the molecule is C=CCC1CC2CC[N+]1(Cc1cc(OCC)nc(OCC)n1)C([C@H](O)c1ccnc3ccc(OC)cc13)C2. The minimum absolute atomic E-state index is 0.00491. The fraction of sp³-hybridized carbons (Fsp3) is 0.500. The molecule has 4 unspecified atom stereocenters. The third-order valence-electron chi connectivity index (χ3n) is 8.38. The zero-order valence-electron chi connectivity index (χ0n) is 22.7. The number of fused-ring (bicyclic) bond motifs is 4. The molecule has 1 aromatic carbocycles. The molecule has 6 rings (SSSR count). The van der Waals surface area contributed by atoms with Gasteiger partial charge in [-0.3, -0.25) is 4.98 Å². The molecule has 8 nitrogen and oxygen atoms in total. The predicted octanol–water partition coefficient (Wildman–Crippen LogP) is 5.01. The molecule has 0 amide bonds. The van der Waals surface area contributed by atoms with Crippen LogP contribution in [0.4, 0.5) is 0 Å². The molecule has 8 heteroatoms. The van der Waals surface area contributed by atoms with Crippen molar-refractivity contribution in [2.45, 2.75) is 64.3 Å². The van der Waals surface area contributed by atoms with Gasteiger partial charge in [0.05, 0.1) is 38.4 Å². The molecule has 0 spiro atoms. The predicted molar refractivity (Wildman–Crippen MR) is 146 cm³/mol. The van der Waals surface area contributed by atoms with Crippen molar-refractivity contribution in [1.82, 2.24) is 15.0 Å². The molecular weight excluding hydrogens is 480 g/mol. The molecule has 202 valence electrons. The maximum atomic E-state index is 12.1. The minimum Gasteiger partial charge on any atom is -0.497 e. The number of aromatic nitrogens is 3. The third-order valence-corrected chi connectivity index (χ3v) is 8.38. The van der Waals surface area contributed by atoms with E-state index in [-0.39, 0.29) is 6.04 Å². The van der Waals surface area contributed by atoms with E-state index in [9.17, 15) is 5.11 Å². The van der Waals surface area contributed by atoms with Gasteiger partial charge in [0.25, 0.3) is 0 Å². The van der Waals surface area contributed by atoms with Crippen LogP contribution in [-0.4, -0.2) is 63.5 Å². The second kappa shape index (κ2) is 11.3. The van der Waals surface area contributed by atoms with Gasteiger partial charge in [-0.25, -0.2) is 0 Å². The van der Waals surface area contributed by atoms with Crippen LogP contribution >= 0.6 is 0 Å². The Kier molecular flexibility index (Phi) is 7.81. The minimum atomic E-state index is -0.664. The lowest BCUT2D eigenvalue weighted by atomic mass is 9.72. The summed E-state index contributed by atoms with van der Waals surface area (Å²) in [5.74, 6) is 1.87. The van der Waals surface area contributed by atoms with Gasteiger partial charge in [-0.15, -0.1) is 6.58 Å². The summed E-state index contributed by atoms with van der Waals surface area (Å²) in [5, 5.41) is 13.1. The molecule has 5 heterocycles. The van der Waals surface area contributed by atoms with Gasteiger partial charge >= 0.3 is 6.01 Å². The Morgan fingerprint density at radius 3 is 2.74 bits per heavy atom. The molecule has 3 saturated heterocycles. The lowest BCUT2D eigenvalue weighted by Crippen LogP contribution is -2.69. The van der Waals surface area contributed by atoms with Crippen LogP contribution < -0.4 is 14.2 Å². The molecule has 1 N–H and O–H groups in total. The number of rotatable bonds is 11. The smallest absolute Gasteiger partial charge is 0.320 e. The monoisotopic (exact) mass is 519 g/mol. The van der Waals surface area contributed by atoms with E-state index in [0.29, 0.717) is 43.6 Å². The molecule has 0 saturated carbocycles. The molecule has 3 fully saturated rings. The van der Waals surface area contributed by atoms with Crippen LogP contribution in [0.5, 0.6) is 17.6 Å². The first-order chi connectivity index (χ1) is 18.5. The summed E-state index contributed by atoms with van der Waals surface area (Å²) in [6.07, 6.45) is 7.28. The molecule has 2 aromatic heterocycles. The zero-order chi connectivity index (χ0) is 26.7. The van der Waals surface area contributed by atoms with E-state index in [0.717, 1.165) is 64.6 Å². The van der Waals surface area contributed by atoms with Crippen molar-refractivity contribution in [2.24, 2.45) is 5.92 Å². The highest BCUT2D eigenvalue weighted by atomic mass is 16.5. The van der Waals surface area contributed by atoms with Gasteiger partial charge in [-0.05, 0) is 56.0 Å². The average Bonchev–Trinajstić information content (AvgIpc) is 2.93. The zero-order valence-corrected chi connectivity index (χ0v) is 22.7. The van der Waals surface area contributed by atoms with E-state index in [1.807, 2.05) is 50.3 Å². The lowest BCUT2D eigenvalue weighted by molar-refractivity contribution is -1.00. The number of ether oxygens (including phenoxy) is 3. The number of nitrogens with zero attached hydrogens (tertiary/aromatic N) is 4. The van der Waals surface area contributed by atoms with Gasteiger partial charge in [0.15, 0.2) is 0 Å². The normalized spacial score (nSPS) is 25.2. The maximum absolute atomic E-state index is 12.1. The summed E-state index contributed by atoms with van der Waals surface area (Å²) >= 11 is 0. The van der Waals surface area contributed by atoms with E-state index in [2.05, 4.69) is 16.5 Å². The van der Waals surface area contributed by atoms with Crippen molar-refractivity contribution in [3.63, 3.8) is 0 Å². The Labute approximate surface area is 224 Å².